The first-order valence-electron chi connectivity index (χ1n) is 7.58. The molecule has 1 fully saturated rings. The molecule has 1 aliphatic heterocycles. The van der Waals surface area contributed by atoms with E-state index in [1.165, 1.54) is 11.3 Å². The minimum atomic E-state index is -0.316. The van der Waals surface area contributed by atoms with Gasteiger partial charge in [-0.2, -0.15) is 5.26 Å². The number of rotatable bonds is 7. The summed E-state index contributed by atoms with van der Waals surface area (Å²) in [5.41, 5.74) is -0.316. The highest BCUT2D eigenvalue weighted by Crippen LogP contribution is 2.38. The third-order valence-electron chi connectivity index (χ3n) is 4.39. The minimum Gasteiger partial charge on any atom is -0.315 e. The fourth-order valence-corrected chi connectivity index (χ4v) is 4.03. The summed E-state index contributed by atoms with van der Waals surface area (Å²) in [6.07, 6.45) is 3.22. The molecule has 0 amide bonds. The number of nitrogens with zero attached hydrogens (tertiary/aromatic N) is 1. The molecule has 2 atom stereocenters. The van der Waals surface area contributed by atoms with Gasteiger partial charge in [-0.05, 0) is 49.7 Å². The van der Waals surface area contributed by atoms with E-state index in [4.69, 9.17) is 0 Å². The molecule has 2 rings (SSSR count). The first kappa shape index (κ1) is 15.5. The van der Waals surface area contributed by atoms with Crippen LogP contribution in [-0.2, 0) is 5.41 Å². The number of nitriles is 1. The Morgan fingerprint density at radius 1 is 1.60 bits per heavy atom. The normalized spacial score (nSPS) is 21.8. The highest BCUT2D eigenvalue weighted by Gasteiger charge is 2.36. The number of thiophene rings is 1. The molecule has 1 saturated heterocycles. The van der Waals surface area contributed by atoms with Gasteiger partial charge in [0.15, 0.2) is 0 Å². The van der Waals surface area contributed by atoms with Gasteiger partial charge in [0.1, 0.15) is 0 Å². The van der Waals surface area contributed by atoms with E-state index in [2.05, 4.69) is 48.1 Å². The van der Waals surface area contributed by atoms with E-state index in [1.54, 1.807) is 11.3 Å². The van der Waals surface area contributed by atoms with Crippen molar-refractivity contribution in [3.8, 4) is 6.07 Å². The molecule has 0 radical (unpaired) electrons. The quantitative estimate of drug-likeness (QED) is 0.759. The average molecular weight is 291 g/mol. The summed E-state index contributed by atoms with van der Waals surface area (Å²) < 4.78 is 0. The zero-order valence-corrected chi connectivity index (χ0v) is 13.3. The highest BCUT2D eigenvalue weighted by atomic mass is 32.1. The molecule has 0 bridgehead atoms. The maximum atomic E-state index is 9.76. The first-order chi connectivity index (χ1) is 9.69. The van der Waals surface area contributed by atoms with Crippen molar-refractivity contribution in [3.63, 3.8) is 0 Å². The average Bonchev–Trinajstić information content (AvgIpc) is 3.12. The van der Waals surface area contributed by atoms with Gasteiger partial charge in [-0.3, -0.25) is 0 Å². The Hall–Kier alpha value is -0.890. The Morgan fingerprint density at radius 2 is 2.45 bits per heavy atom. The standard InChI is InChI=1S/C16H25N3S/c1-13(2)16(12-17,15-5-3-10-20-15)7-4-8-19-14-6-9-18-11-14/h3,5,10,13-14,18-19H,4,6-9,11H2,1-2H3/t14-,16?/m1/s1. The molecule has 1 aliphatic rings. The summed E-state index contributed by atoms with van der Waals surface area (Å²) in [6.45, 7) is 7.54. The lowest BCUT2D eigenvalue weighted by molar-refractivity contribution is 0.358. The highest BCUT2D eigenvalue weighted by molar-refractivity contribution is 7.10. The molecule has 1 aromatic heterocycles. The van der Waals surface area contributed by atoms with Crippen molar-refractivity contribution in [2.45, 2.75) is 44.6 Å². The third-order valence-corrected chi connectivity index (χ3v) is 5.43. The summed E-state index contributed by atoms with van der Waals surface area (Å²) in [5.74, 6) is 0.347. The van der Waals surface area contributed by atoms with E-state index in [-0.39, 0.29) is 5.41 Å². The SMILES string of the molecule is CC(C)C(C#N)(CCCN[C@@H]1CCNC1)c1cccs1. The zero-order valence-electron chi connectivity index (χ0n) is 12.5. The van der Waals surface area contributed by atoms with Crippen LogP contribution in [0, 0.1) is 17.2 Å². The molecule has 1 aromatic rings. The van der Waals surface area contributed by atoms with Crippen LogP contribution in [0.3, 0.4) is 0 Å². The van der Waals surface area contributed by atoms with E-state index in [0.29, 0.717) is 12.0 Å². The van der Waals surface area contributed by atoms with Gasteiger partial charge in [0.2, 0.25) is 0 Å². The van der Waals surface area contributed by atoms with Crippen LogP contribution in [0.15, 0.2) is 17.5 Å². The molecule has 0 aliphatic carbocycles. The van der Waals surface area contributed by atoms with E-state index in [1.807, 2.05) is 0 Å². The number of nitrogens with one attached hydrogen (secondary N) is 2. The van der Waals surface area contributed by atoms with E-state index >= 15 is 0 Å². The van der Waals surface area contributed by atoms with Gasteiger partial charge in [0, 0.05) is 17.5 Å². The van der Waals surface area contributed by atoms with Crippen LogP contribution in [0.1, 0.15) is 38.0 Å². The Bertz CT molecular complexity index is 429. The van der Waals surface area contributed by atoms with E-state index < -0.39 is 0 Å². The van der Waals surface area contributed by atoms with E-state index in [0.717, 1.165) is 32.5 Å². The van der Waals surface area contributed by atoms with Gasteiger partial charge in [-0.25, -0.2) is 0 Å². The van der Waals surface area contributed by atoms with Crippen molar-refractivity contribution in [3.05, 3.63) is 22.4 Å². The van der Waals surface area contributed by atoms with Crippen molar-refractivity contribution < 1.29 is 0 Å². The first-order valence-corrected chi connectivity index (χ1v) is 8.46. The van der Waals surface area contributed by atoms with Gasteiger partial charge in [0.25, 0.3) is 0 Å². The number of hydrogen-bond acceptors (Lipinski definition) is 4. The van der Waals surface area contributed by atoms with E-state index in [9.17, 15) is 5.26 Å². The van der Waals surface area contributed by atoms with Crippen LogP contribution >= 0.6 is 11.3 Å². The molecular formula is C16H25N3S. The lowest BCUT2D eigenvalue weighted by Gasteiger charge is -2.30. The largest absolute Gasteiger partial charge is 0.315 e. The molecular weight excluding hydrogens is 266 g/mol. The van der Waals surface area contributed by atoms with Crippen LogP contribution < -0.4 is 10.6 Å². The Balaban J connectivity index is 1.90. The second kappa shape index (κ2) is 7.21. The molecule has 2 N–H and O–H groups in total. The fourth-order valence-electron chi connectivity index (χ4n) is 2.97. The topological polar surface area (TPSA) is 47.9 Å². The number of hydrogen-bond donors (Lipinski definition) is 2. The molecule has 2 heterocycles. The van der Waals surface area contributed by atoms with Crippen molar-refractivity contribution in [2.75, 3.05) is 19.6 Å². The van der Waals surface area contributed by atoms with Crippen molar-refractivity contribution >= 4 is 11.3 Å². The second-order valence-electron chi connectivity index (χ2n) is 5.96. The summed E-state index contributed by atoms with van der Waals surface area (Å²) in [4.78, 5) is 1.22. The predicted octanol–water partition coefficient (Wildman–Crippen LogP) is 2.90. The van der Waals surface area contributed by atoms with Crippen LogP contribution in [-0.4, -0.2) is 25.7 Å². The Kier molecular flexibility index (Phi) is 5.59. The van der Waals surface area contributed by atoms with Crippen LogP contribution in [0.25, 0.3) is 0 Å². The second-order valence-corrected chi connectivity index (χ2v) is 6.91. The van der Waals surface area contributed by atoms with Crippen LogP contribution in [0.5, 0.6) is 0 Å². The summed E-state index contributed by atoms with van der Waals surface area (Å²) >= 11 is 1.71. The minimum absolute atomic E-state index is 0.316. The van der Waals surface area contributed by atoms with Gasteiger partial charge in [0.05, 0.1) is 11.5 Å². The Labute approximate surface area is 126 Å². The Morgan fingerprint density at radius 3 is 3.00 bits per heavy atom. The van der Waals surface area contributed by atoms with Gasteiger partial charge >= 0.3 is 0 Å². The van der Waals surface area contributed by atoms with Crippen LogP contribution in [0.2, 0.25) is 0 Å². The van der Waals surface area contributed by atoms with Crippen LogP contribution in [0.4, 0.5) is 0 Å². The molecule has 1 unspecified atom stereocenters. The molecule has 0 saturated carbocycles. The molecule has 20 heavy (non-hydrogen) atoms. The smallest absolute Gasteiger partial charge is 0.0937 e. The molecule has 3 nitrogen and oxygen atoms in total. The summed E-state index contributed by atoms with van der Waals surface area (Å²) in [6, 6.07) is 7.40. The zero-order chi connectivity index (χ0) is 14.4. The van der Waals surface area contributed by atoms with Crippen molar-refractivity contribution in [2.24, 2.45) is 5.92 Å². The molecule has 0 aromatic carbocycles. The fraction of sp³-hybridized carbons (Fsp3) is 0.688. The third kappa shape index (κ3) is 3.41. The molecule has 110 valence electrons. The lowest BCUT2D eigenvalue weighted by atomic mass is 9.74. The monoisotopic (exact) mass is 291 g/mol. The maximum absolute atomic E-state index is 9.76. The summed E-state index contributed by atoms with van der Waals surface area (Å²) in [7, 11) is 0. The predicted molar refractivity (Wildman–Crippen MR) is 85.0 cm³/mol. The van der Waals surface area contributed by atoms with Gasteiger partial charge < -0.3 is 10.6 Å². The van der Waals surface area contributed by atoms with Gasteiger partial charge in [-0.15, -0.1) is 11.3 Å². The summed E-state index contributed by atoms with van der Waals surface area (Å²) in [5, 5.41) is 18.8. The van der Waals surface area contributed by atoms with Crippen molar-refractivity contribution in [1.29, 1.82) is 5.26 Å². The van der Waals surface area contributed by atoms with Crippen molar-refractivity contribution in [1.82, 2.24) is 10.6 Å². The lowest BCUT2D eigenvalue weighted by Crippen LogP contribution is -2.34. The molecule has 4 heteroatoms. The maximum Gasteiger partial charge on any atom is 0.0937 e. The molecule has 0 spiro atoms. The van der Waals surface area contributed by atoms with Gasteiger partial charge in [-0.1, -0.05) is 19.9 Å².